The second kappa shape index (κ2) is 6.34. The summed E-state index contributed by atoms with van der Waals surface area (Å²) in [5.41, 5.74) is 2.98. The number of aromatic nitrogens is 2. The first kappa shape index (κ1) is 14.8. The zero-order valence-corrected chi connectivity index (χ0v) is 13.5. The molecule has 6 heteroatoms. The molecule has 0 aliphatic carbocycles. The van der Waals surface area contributed by atoms with Crippen LogP contribution in [0.1, 0.15) is 20.8 Å². The molecule has 0 aliphatic heterocycles. The van der Waals surface area contributed by atoms with Crippen LogP contribution in [-0.4, -0.2) is 15.7 Å². The van der Waals surface area contributed by atoms with Crippen molar-refractivity contribution in [3.05, 3.63) is 69.1 Å². The fourth-order valence-electron chi connectivity index (χ4n) is 2.02. The lowest BCUT2D eigenvalue weighted by molar-refractivity contribution is 0.103. The maximum absolute atomic E-state index is 12.2. The highest BCUT2D eigenvalue weighted by Gasteiger charge is 2.10. The number of amides is 1. The summed E-state index contributed by atoms with van der Waals surface area (Å²) in [6, 6.07) is 9.61. The molecule has 4 nitrogen and oxygen atoms in total. The van der Waals surface area contributed by atoms with Crippen molar-refractivity contribution in [3.63, 3.8) is 0 Å². The summed E-state index contributed by atoms with van der Waals surface area (Å²) in [4.78, 5) is 12.9. The number of rotatable bonds is 4. The van der Waals surface area contributed by atoms with Crippen LogP contribution in [0.2, 0.25) is 5.02 Å². The third-order valence-corrected chi connectivity index (χ3v) is 4.31. The van der Waals surface area contributed by atoms with Crippen LogP contribution in [0.3, 0.4) is 0 Å². The fourth-order valence-corrected chi connectivity index (χ4v) is 2.97. The second-order valence-electron chi connectivity index (χ2n) is 5.00. The number of hydrogen-bond acceptors (Lipinski definition) is 3. The number of thiophene rings is 1. The Morgan fingerprint density at radius 1 is 1.36 bits per heavy atom. The van der Waals surface area contributed by atoms with E-state index in [0.29, 0.717) is 16.4 Å². The Morgan fingerprint density at radius 2 is 2.14 bits per heavy atom. The van der Waals surface area contributed by atoms with Gasteiger partial charge in [-0.25, -0.2) is 0 Å². The van der Waals surface area contributed by atoms with E-state index in [-0.39, 0.29) is 5.91 Å². The Labute approximate surface area is 137 Å². The molecule has 112 valence electrons. The van der Waals surface area contributed by atoms with E-state index in [0.717, 1.165) is 16.8 Å². The number of carbonyl (C=O) groups is 1. The molecule has 0 bridgehead atoms. The molecule has 1 amide bonds. The fraction of sp³-hybridized carbons (Fsp3) is 0.125. The molecule has 3 aromatic rings. The first-order chi connectivity index (χ1) is 10.6. The Balaban J connectivity index is 1.67. The number of hydrogen-bond donors (Lipinski definition) is 1. The minimum Gasteiger partial charge on any atom is -0.321 e. The topological polar surface area (TPSA) is 46.9 Å². The summed E-state index contributed by atoms with van der Waals surface area (Å²) >= 11 is 7.26. The van der Waals surface area contributed by atoms with Gasteiger partial charge >= 0.3 is 0 Å². The molecule has 1 aromatic carbocycles. The molecule has 0 radical (unpaired) electrons. The lowest BCUT2D eigenvalue weighted by Crippen LogP contribution is -2.10. The van der Waals surface area contributed by atoms with Gasteiger partial charge in [0.05, 0.1) is 22.6 Å². The lowest BCUT2D eigenvalue weighted by Gasteiger charge is -2.03. The van der Waals surface area contributed by atoms with Crippen molar-refractivity contribution in [2.75, 3.05) is 5.32 Å². The van der Waals surface area contributed by atoms with E-state index in [4.69, 9.17) is 11.6 Å². The number of benzene rings is 1. The molecule has 0 spiro atoms. The molecule has 22 heavy (non-hydrogen) atoms. The summed E-state index contributed by atoms with van der Waals surface area (Å²) in [6.45, 7) is 2.61. The third-order valence-electron chi connectivity index (χ3n) is 3.13. The normalized spacial score (nSPS) is 10.6. The molecule has 0 unspecified atom stereocenters. The van der Waals surface area contributed by atoms with Crippen molar-refractivity contribution >= 4 is 34.5 Å². The van der Waals surface area contributed by atoms with Crippen molar-refractivity contribution in [2.24, 2.45) is 0 Å². The standard InChI is InChI=1S/C16H14ClN3OS/c1-11-2-4-14(5-3-11)19-16(21)15-6-12(10-22-15)8-20-9-13(17)7-18-20/h2-7,9-10H,8H2,1H3,(H,19,21). The number of nitrogens with zero attached hydrogens (tertiary/aromatic N) is 2. The second-order valence-corrected chi connectivity index (χ2v) is 6.34. The molecule has 2 aromatic heterocycles. The van der Waals surface area contributed by atoms with Crippen LogP contribution in [0, 0.1) is 6.92 Å². The van der Waals surface area contributed by atoms with E-state index in [2.05, 4.69) is 10.4 Å². The maximum atomic E-state index is 12.2. The molecule has 0 saturated carbocycles. The van der Waals surface area contributed by atoms with E-state index in [1.54, 1.807) is 17.1 Å². The number of anilines is 1. The van der Waals surface area contributed by atoms with Gasteiger partial charge in [0, 0.05) is 11.9 Å². The molecular weight excluding hydrogens is 318 g/mol. The number of carbonyl (C=O) groups excluding carboxylic acids is 1. The van der Waals surface area contributed by atoms with Crippen molar-refractivity contribution in [1.29, 1.82) is 0 Å². The van der Waals surface area contributed by atoms with Gasteiger partial charge in [-0.2, -0.15) is 5.10 Å². The molecule has 1 N–H and O–H groups in total. The molecule has 0 atom stereocenters. The number of nitrogens with one attached hydrogen (secondary N) is 1. The zero-order chi connectivity index (χ0) is 15.5. The summed E-state index contributed by atoms with van der Waals surface area (Å²) in [6.07, 6.45) is 3.35. The quantitative estimate of drug-likeness (QED) is 0.778. The maximum Gasteiger partial charge on any atom is 0.265 e. The minimum absolute atomic E-state index is 0.0985. The number of aryl methyl sites for hydroxylation is 1. The minimum atomic E-state index is -0.0985. The predicted octanol–water partition coefficient (Wildman–Crippen LogP) is 4.21. The highest BCUT2D eigenvalue weighted by molar-refractivity contribution is 7.12. The van der Waals surface area contributed by atoms with E-state index < -0.39 is 0 Å². The van der Waals surface area contributed by atoms with Crippen LogP contribution < -0.4 is 5.32 Å². The lowest BCUT2D eigenvalue weighted by atomic mass is 10.2. The first-order valence-corrected chi connectivity index (χ1v) is 7.99. The highest BCUT2D eigenvalue weighted by Crippen LogP contribution is 2.18. The van der Waals surface area contributed by atoms with E-state index in [9.17, 15) is 4.79 Å². The van der Waals surface area contributed by atoms with Gasteiger partial charge < -0.3 is 5.32 Å². The van der Waals surface area contributed by atoms with Crippen LogP contribution in [-0.2, 0) is 6.54 Å². The van der Waals surface area contributed by atoms with Crippen molar-refractivity contribution in [1.82, 2.24) is 9.78 Å². The third kappa shape index (κ3) is 3.55. The Bertz CT molecular complexity index is 792. The van der Waals surface area contributed by atoms with Gasteiger partial charge in [0.2, 0.25) is 0 Å². The Kier molecular flexibility index (Phi) is 4.27. The Hall–Kier alpha value is -2.11. The average molecular weight is 332 g/mol. The summed E-state index contributed by atoms with van der Waals surface area (Å²) in [5, 5.41) is 9.59. The zero-order valence-electron chi connectivity index (χ0n) is 11.9. The molecule has 2 heterocycles. The van der Waals surface area contributed by atoms with Crippen LogP contribution in [0.4, 0.5) is 5.69 Å². The van der Waals surface area contributed by atoms with Crippen LogP contribution in [0.15, 0.2) is 48.1 Å². The molecule has 0 saturated heterocycles. The van der Waals surface area contributed by atoms with Crippen LogP contribution in [0.5, 0.6) is 0 Å². The van der Waals surface area contributed by atoms with E-state index >= 15 is 0 Å². The average Bonchev–Trinajstić information content (AvgIpc) is 3.11. The van der Waals surface area contributed by atoms with Crippen molar-refractivity contribution in [2.45, 2.75) is 13.5 Å². The van der Waals surface area contributed by atoms with Gasteiger partial charge in [0.25, 0.3) is 5.91 Å². The van der Waals surface area contributed by atoms with E-state index in [1.807, 2.05) is 42.6 Å². The Morgan fingerprint density at radius 3 is 2.82 bits per heavy atom. The molecule has 0 aliphatic rings. The largest absolute Gasteiger partial charge is 0.321 e. The van der Waals surface area contributed by atoms with Crippen molar-refractivity contribution in [3.8, 4) is 0 Å². The van der Waals surface area contributed by atoms with Gasteiger partial charge in [-0.1, -0.05) is 29.3 Å². The summed E-state index contributed by atoms with van der Waals surface area (Å²) < 4.78 is 1.74. The highest BCUT2D eigenvalue weighted by atomic mass is 35.5. The number of halogens is 1. The monoisotopic (exact) mass is 331 g/mol. The predicted molar refractivity (Wildman–Crippen MR) is 89.8 cm³/mol. The first-order valence-electron chi connectivity index (χ1n) is 6.73. The van der Waals surface area contributed by atoms with Crippen molar-refractivity contribution < 1.29 is 4.79 Å². The van der Waals surface area contributed by atoms with Gasteiger partial charge in [0.1, 0.15) is 0 Å². The molecular formula is C16H14ClN3OS. The van der Waals surface area contributed by atoms with Crippen LogP contribution in [0.25, 0.3) is 0 Å². The summed E-state index contributed by atoms with van der Waals surface area (Å²) in [7, 11) is 0. The van der Waals surface area contributed by atoms with Gasteiger partial charge in [-0.15, -0.1) is 11.3 Å². The van der Waals surface area contributed by atoms with Gasteiger partial charge in [-0.05, 0) is 36.1 Å². The smallest absolute Gasteiger partial charge is 0.265 e. The van der Waals surface area contributed by atoms with Crippen LogP contribution >= 0.6 is 22.9 Å². The van der Waals surface area contributed by atoms with Gasteiger partial charge in [-0.3, -0.25) is 9.48 Å². The SMILES string of the molecule is Cc1ccc(NC(=O)c2cc(Cn3cc(Cl)cn3)cs2)cc1. The molecule has 3 rings (SSSR count). The molecule has 0 fully saturated rings. The van der Waals surface area contributed by atoms with E-state index in [1.165, 1.54) is 11.3 Å². The summed E-state index contributed by atoms with van der Waals surface area (Å²) in [5.74, 6) is -0.0985. The van der Waals surface area contributed by atoms with Gasteiger partial charge in [0.15, 0.2) is 0 Å².